The molecule has 0 unspecified atom stereocenters. The van der Waals surface area contributed by atoms with E-state index in [1.165, 1.54) is 23.1 Å². The lowest BCUT2D eigenvalue weighted by atomic mass is 9.97. The van der Waals surface area contributed by atoms with Crippen molar-refractivity contribution in [2.45, 2.75) is 6.54 Å². The van der Waals surface area contributed by atoms with Gasteiger partial charge in [-0.15, -0.1) is 5.10 Å². The second kappa shape index (κ2) is 7.85. The van der Waals surface area contributed by atoms with Gasteiger partial charge in [-0.3, -0.25) is 9.97 Å². The summed E-state index contributed by atoms with van der Waals surface area (Å²) in [5.74, 6) is -0.258. The lowest BCUT2D eigenvalue weighted by Crippen LogP contribution is -2.07. The summed E-state index contributed by atoms with van der Waals surface area (Å²) in [4.78, 5) is 14.1. The predicted molar refractivity (Wildman–Crippen MR) is 116 cm³/mol. The van der Waals surface area contributed by atoms with Crippen molar-refractivity contribution in [2.75, 3.05) is 5.73 Å². The zero-order valence-corrected chi connectivity index (χ0v) is 16.6. The van der Waals surface area contributed by atoms with E-state index in [1.54, 1.807) is 30.6 Å². The Hall–Kier alpha value is -4.71. The zero-order chi connectivity index (χ0) is 22.1. The van der Waals surface area contributed by atoms with Crippen LogP contribution in [0.1, 0.15) is 11.3 Å². The fourth-order valence-electron chi connectivity index (χ4n) is 3.51. The number of rotatable bonds is 4. The molecule has 0 amide bonds. The first-order valence-corrected chi connectivity index (χ1v) is 9.68. The van der Waals surface area contributed by atoms with Crippen LogP contribution >= 0.6 is 0 Å². The third-order valence-electron chi connectivity index (χ3n) is 4.96. The van der Waals surface area contributed by atoms with E-state index < -0.39 is 5.82 Å². The normalized spacial score (nSPS) is 10.9. The van der Waals surface area contributed by atoms with Gasteiger partial charge in [-0.1, -0.05) is 12.1 Å². The Kier molecular flexibility index (Phi) is 4.72. The molecule has 0 aliphatic heterocycles. The van der Waals surface area contributed by atoms with Gasteiger partial charge in [-0.05, 0) is 42.0 Å². The number of hydrogen-bond donors (Lipinski definition) is 1. The minimum atomic E-state index is -0.441. The van der Waals surface area contributed by atoms with E-state index in [0.717, 1.165) is 11.1 Å². The molecule has 1 aromatic carbocycles. The third-order valence-corrected chi connectivity index (χ3v) is 4.96. The quantitative estimate of drug-likeness (QED) is 0.470. The van der Waals surface area contributed by atoms with Gasteiger partial charge in [0.25, 0.3) is 0 Å². The second-order valence-electron chi connectivity index (χ2n) is 7.01. The lowest BCUT2D eigenvalue weighted by molar-refractivity contribution is 0.540. The molecule has 0 spiro atoms. The number of pyridine rings is 3. The number of aromatic nitrogens is 6. The van der Waals surface area contributed by atoms with Crippen molar-refractivity contribution in [1.29, 1.82) is 5.26 Å². The summed E-state index contributed by atoms with van der Waals surface area (Å²) in [6.45, 7) is 0.0375. The van der Waals surface area contributed by atoms with Gasteiger partial charge in [0.2, 0.25) is 0 Å². The zero-order valence-electron chi connectivity index (χ0n) is 16.6. The number of nitriles is 1. The lowest BCUT2D eigenvalue weighted by Gasteiger charge is -2.11. The summed E-state index contributed by atoms with van der Waals surface area (Å²) >= 11 is 0. The fourth-order valence-corrected chi connectivity index (χ4v) is 3.51. The summed E-state index contributed by atoms with van der Waals surface area (Å²) in [6.07, 6.45) is 4.85. The number of halogens is 1. The molecule has 4 aromatic heterocycles. The molecule has 2 N–H and O–H groups in total. The minimum Gasteiger partial charge on any atom is -0.382 e. The summed E-state index contributed by atoms with van der Waals surface area (Å²) in [5, 5.41) is 18.4. The second-order valence-corrected chi connectivity index (χ2v) is 7.01. The van der Waals surface area contributed by atoms with Gasteiger partial charge in [-0.25, -0.2) is 9.37 Å². The minimum absolute atomic E-state index is 0.0375. The van der Waals surface area contributed by atoms with Crippen LogP contribution in [0.3, 0.4) is 0 Å². The van der Waals surface area contributed by atoms with Crippen LogP contribution in [-0.2, 0) is 6.54 Å². The molecule has 154 valence electrons. The van der Waals surface area contributed by atoms with Crippen LogP contribution in [0.25, 0.3) is 33.4 Å². The summed E-state index contributed by atoms with van der Waals surface area (Å²) in [6, 6.07) is 15.8. The molecular formula is C23H15FN8. The van der Waals surface area contributed by atoms with E-state index in [1.807, 2.05) is 18.2 Å². The Morgan fingerprint density at radius 2 is 1.78 bits per heavy atom. The summed E-state index contributed by atoms with van der Waals surface area (Å²) < 4.78 is 14.1. The van der Waals surface area contributed by atoms with Crippen molar-refractivity contribution < 1.29 is 4.39 Å². The van der Waals surface area contributed by atoms with Crippen molar-refractivity contribution >= 4 is 16.9 Å². The molecule has 0 radical (unpaired) electrons. The molecule has 0 aliphatic carbocycles. The first-order chi connectivity index (χ1) is 15.6. The SMILES string of the molecule is N#Cc1cccc(-c2nc(N)c3nn(Cc4ncccc4F)nc3c2-c2ccncc2)c1. The highest BCUT2D eigenvalue weighted by Crippen LogP contribution is 2.37. The Morgan fingerprint density at radius 3 is 2.56 bits per heavy atom. The molecule has 5 aromatic rings. The molecule has 0 aliphatic rings. The van der Waals surface area contributed by atoms with Crippen LogP contribution in [0.5, 0.6) is 0 Å². The molecule has 32 heavy (non-hydrogen) atoms. The highest BCUT2D eigenvalue weighted by Gasteiger charge is 2.21. The van der Waals surface area contributed by atoms with Crippen LogP contribution in [0.15, 0.2) is 67.1 Å². The highest BCUT2D eigenvalue weighted by atomic mass is 19.1. The smallest absolute Gasteiger partial charge is 0.155 e. The van der Waals surface area contributed by atoms with Gasteiger partial charge in [0.15, 0.2) is 11.3 Å². The molecule has 5 rings (SSSR count). The fraction of sp³-hybridized carbons (Fsp3) is 0.0435. The topological polar surface area (TPSA) is 119 Å². The number of anilines is 1. The van der Waals surface area contributed by atoms with Crippen LogP contribution < -0.4 is 5.73 Å². The van der Waals surface area contributed by atoms with E-state index in [0.29, 0.717) is 27.9 Å². The average molecular weight is 422 g/mol. The highest BCUT2D eigenvalue weighted by molar-refractivity contribution is 6.02. The molecule has 0 bridgehead atoms. The number of benzene rings is 1. The number of nitrogen functional groups attached to an aromatic ring is 1. The van der Waals surface area contributed by atoms with E-state index in [9.17, 15) is 9.65 Å². The van der Waals surface area contributed by atoms with Gasteiger partial charge in [-0.2, -0.15) is 15.2 Å². The van der Waals surface area contributed by atoms with Crippen LogP contribution in [0, 0.1) is 17.1 Å². The molecule has 8 nitrogen and oxygen atoms in total. The molecule has 0 saturated carbocycles. The first-order valence-electron chi connectivity index (χ1n) is 9.68. The van der Waals surface area contributed by atoms with Crippen molar-refractivity contribution in [3.8, 4) is 28.5 Å². The van der Waals surface area contributed by atoms with Gasteiger partial charge in [0.1, 0.15) is 17.9 Å². The van der Waals surface area contributed by atoms with Gasteiger partial charge < -0.3 is 5.73 Å². The third kappa shape index (κ3) is 3.40. The largest absolute Gasteiger partial charge is 0.382 e. The molecular weight excluding hydrogens is 407 g/mol. The van der Waals surface area contributed by atoms with E-state index in [4.69, 9.17) is 5.73 Å². The Labute approximate surface area is 181 Å². The van der Waals surface area contributed by atoms with Crippen molar-refractivity contribution in [3.63, 3.8) is 0 Å². The van der Waals surface area contributed by atoms with Gasteiger partial charge in [0.05, 0.1) is 23.0 Å². The van der Waals surface area contributed by atoms with Crippen LogP contribution in [-0.4, -0.2) is 29.9 Å². The Bertz CT molecular complexity index is 1490. The number of hydrogen-bond acceptors (Lipinski definition) is 7. The van der Waals surface area contributed by atoms with Crippen molar-refractivity contribution in [1.82, 2.24) is 29.9 Å². The van der Waals surface area contributed by atoms with Crippen molar-refractivity contribution in [2.24, 2.45) is 0 Å². The van der Waals surface area contributed by atoms with Gasteiger partial charge >= 0.3 is 0 Å². The first kappa shape index (κ1) is 19.3. The molecule has 9 heteroatoms. The van der Waals surface area contributed by atoms with E-state index in [-0.39, 0.29) is 18.1 Å². The molecule has 0 atom stereocenters. The predicted octanol–water partition coefficient (Wildman–Crippen LogP) is 3.59. The van der Waals surface area contributed by atoms with E-state index in [2.05, 4.69) is 31.2 Å². The molecule has 0 saturated heterocycles. The maximum Gasteiger partial charge on any atom is 0.155 e. The summed E-state index contributed by atoms with van der Waals surface area (Å²) in [5.41, 5.74) is 10.7. The number of nitrogens with two attached hydrogens (primary N) is 1. The summed E-state index contributed by atoms with van der Waals surface area (Å²) in [7, 11) is 0. The van der Waals surface area contributed by atoms with Crippen LogP contribution in [0.2, 0.25) is 0 Å². The molecule has 0 fully saturated rings. The maximum absolute atomic E-state index is 14.1. The number of fused-ring (bicyclic) bond motifs is 1. The Balaban J connectivity index is 1.76. The van der Waals surface area contributed by atoms with Crippen molar-refractivity contribution in [3.05, 3.63) is 84.2 Å². The van der Waals surface area contributed by atoms with Crippen LogP contribution in [0.4, 0.5) is 10.2 Å². The van der Waals surface area contributed by atoms with Gasteiger partial charge in [0, 0.05) is 29.7 Å². The molecule has 4 heterocycles. The number of nitrogens with zero attached hydrogens (tertiary/aromatic N) is 7. The Morgan fingerprint density at radius 1 is 0.969 bits per heavy atom. The average Bonchev–Trinajstić information content (AvgIpc) is 3.25. The monoisotopic (exact) mass is 422 g/mol. The maximum atomic E-state index is 14.1. The van der Waals surface area contributed by atoms with E-state index >= 15 is 0 Å². The standard InChI is InChI=1S/C23H15FN8/c24-17-5-2-8-28-18(17)13-32-30-21-19(15-6-9-27-10-7-15)20(29-23(26)22(21)31-32)16-4-1-3-14(11-16)12-25/h1-11H,13H2,(H2,26,29).